The maximum atomic E-state index is 12.2. The molecule has 8 heteroatoms. The highest BCUT2D eigenvalue weighted by atomic mass is 32.2. The Kier molecular flexibility index (Phi) is 5.07. The van der Waals surface area contributed by atoms with E-state index in [2.05, 4.69) is 9.72 Å². The number of nitrogens with zero attached hydrogens (tertiary/aromatic N) is 3. The molecular formula is C11H19N3O4S. The van der Waals surface area contributed by atoms with Gasteiger partial charge < -0.3 is 9.30 Å². The van der Waals surface area contributed by atoms with E-state index < -0.39 is 10.0 Å². The number of methoxy groups -OCH3 is 1. The molecule has 0 spiro atoms. The van der Waals surface area contributed by atoms with Gasteiger partial charge in [-0.25, -0.2) is 13.4 Å². The van der Waals surface area contributed by atoms with Crippen LogP contribution in [-0.2, 0) is 26.6 Å². The van der Waals surface area contributed by atoms with Gasteiger partial charge in [0.15, 0.2) is 5.03 Å². The van der Waals surface area contributed by atoms with E-state index in [0.29, 0.717) is 12.2 Å². The second kappa shape index (κ2) is 6.16. The van der Waals surface area contributed by atoms with Crippen LogP contribution in [0.25, 0.3) is 0 Å². The van der Waals surface area contributed by atoms with E-state index in [9.17, 15) is 13.2 Å². The summed E-state index contributed by atoms with van der Waals surface area (Å²) in [6.07, 6.45) is 2.08. The smallest absolute Gasteiger partial charge is 0.305 e. The van der Waals surface area contributed by atoms with Crippen molar-refractivity contribution in [3.8, 4) is 0 Å². The predicted octanol–water partition coefficient (Wildman–Crippen LogP) is 0.302. The summed E-state index contributed by atoms with van der Waals surface area (Å²) < 4.78 is 31.7. The summed E-state index contributed by atoms with van der Waals surface area (Å²) in [5.74, 6) is 0.279. The first-order valence-corrected chi connectivity index (χ1v) is 7.26. The first-order chi connectivity index (χ1) is 8.78. The highest BCUT2D eigenvalue weighted by Gasteiger charge is 2.23. The Balaban J connectivity index is 2.69. The maximum absolute atomic E-state index is 12.2. The quantitative estimate of drug-likeness (QED) is 0.704. The molecule has 0 aliphatic rings. The Labute approximate surface area is 113 Å². The molecule has 1 aromatic rings. The largest absolute Gasteiger partial charge is 0.469 e. The summed E-state index contributed by atoms with van der Waals surface area (Å²) in [6.45, 7) is 1.98. The van der Waals surface area contributed by atoms with Crippen molar-refractivity contribution >= 4 is 16.0 Å². The van der Waals surface area contributed by atoms with Gasteiger partial charge in [-0.05, 0) is 13.3 Å². The lowest BCUT2D eigenvalue weighted by molar-refractivity contribution is -0.140. The lowest BCUT2D eigenvalue weighted by atomic mass is 10.3. The van der Waals surface area contributed by atoms with Crippen molar-refractivity contribution < 1.29 is 17.9 Å². The lowest BCUT2D eigenvalue weighted by Crippen LogP contribution is -2.28. The van der Waals surface area contributed by atoms with Crippen molar-refractivity contribution in [1.82, 2.24) is 13.9 Å². The predicted molar refractivity (Wildman–Crippen MR) is 69.0 cm³/mol. The Morgan fingerprint density at radius 2 is 2.16 bits per heavy atom. The number of carbonyl (C=O) groups is 1. The van der Waals surface area contributed by atoms with Crippen LogP contribution in [-0.4, -0.2) is 48.9 Å². The number of hydrogen-bond acceptors (Lipinski definition) is 5. The van der Waals surface area contributed by atoms with Gasteiger partial charge in [0.25, 0.3) is 10.0 Å². The van der Waals surface area contributed by atoms with E-state index in [-0.39, 0.29) is 24.0 Å². The van der Waals surface area contributed by atoms with Crippen molar-refractivity contribution in [2.75, 3.05) is 20.7 Å². The normalized spacial score (nSPS) is 11.8. The molecule has 1 rings (SSSR count). The van der Waals surface area contributed by atoms with Crippen LogP contribution in [0.2, 0.25) is 0 Å². The molecule has 0 aromatic carbocycles. The topological polar surface area (TPSA) is 81.5 Å². The molecule has 0 N–H and O–H groups in total. The van der Waals surface area contributed by atoms with Gasteiger partial charge in [0.1, 0.15) is 5.82 Å². The van der Waals surface area contributed by atoms with E-state index in [1.807, 2.05) is 0 Å². The number of ether oxygens (including phenoxy) is 1. The van der Waals surface area contributed by atoms with E-state index in [4.69, 9.17) is 0 Å². The van der Waals surface area contributed by atoms with Gasteiger partial charge in [0.2, 0.25) is 0 Å². The Morgan fingerprint density at radius 3 is 2.63 bits per heavy atom. The number of hydrogen-bond donors (Lipinski definition) is 0. The van der Waals surface area contributed by atoms with Gasteiger partial charge in [-0.1, -0.05) is 0 Å². The van der Waals surface area contributed by atoms with Gasteiger partial charge in [-0.3, -0.25) is 4.79 Å². The number of rotatable bonds is 6. The van der Waals surface area contributed by atoms with Gasteiger partial charge in [-0.15, -0.1) is 0 Å². The van der Waals surface area contributed by atoms with Crippen LogP contribution in [0.5, 0.6) is 0 Å². The van der Waals surface area contributed by atoms with E-state index in [1.54, 1.807) is 18.5 Å². The van der Waals surface area contributed by atoms with Gasteiger partial charge in [0, 0.05) is 33.3 Å². The maximum Gasteiger partial charge on any atom is 0.305 e. The standard InChI is InChI=1S/C11H19N3O4S/c1-9-12-10(8-13(9)2)19(16,17)14(3)7-5-6-11(15)18-4/h8H,5-7H2,1-4H3. The first kappa shape index (κ1) is 15.6. The third-order valence-corrected chi connectivity index (χ3v) is 4.57. The molecule has 1 aromatic heterocycles. The van der Waals surface area contributed by atoms with Gasteiger partial charge >= 0.3 is 5.97 Å². The third kappa shape index (κ3) is 3.77. The number of carbonyl (C=O) groups excluding carboxylic acids is 1. The highest BCUT2D eigenvalue weighted by molar-refractivity contribution is 7.89. The molecule has 0 fully saturated rings. The van der Waals surface area contributed by atoms with Crippen LogP contribution in [0.4, 0.5) is 0 Å². The third-order valence-electron chi connectivity index (χ3n) is 2.84. The number of esters is 1. The average molecular weight is 289 g/mol. The molecule has 108 valence electrons. The van der Waals surface area contributed by atoms with Crippen molar-refractivity contribution in [2.24, 2.45) is 7.05 Å². The number of imidazole rings is 1. The zero-order chi connectivity index (χ0) is 14.6. The van der Waals surface area contributed by atoms with E-state index >= 15 is 0 Å². The van der Waals surface area contributed by atoms with E-state index in [1.165, 1.54) is 24.7 Å². The number of aromatic nitrogens is 2. The Bertz CT molecular complexity index is 531. The molecule has 19 heavy (non-hydrogen) atoms. The lowest BCUT2D eigenvalue weighted by Gasteiger charge is -2.14. The minimum atomic E-state index is -3.60. The SMILES string of the molecule is COC(=O)CCCN(C)S(=O)(=O)c1cn(C)c(C)n1. The number of aryl methyl sites for hydroxylation is 2. The van der Waals surface area contributed by atoms with Crippen LogP contribution in [0.15, 0.2) is 11.2 Å². The highest BCUT2D eigenvalue weighted by Crippen LogP contribution is 2.13. The molecule has 0 bridgehead atoms. The molecule has 0 amide bonds. The molecule has 0 saturated carbocycles. The fourth-order valence-corrected chi connectivity index (χ4v) is 2.71. The number of sulfonamides is 1. The molecule has 0 unspecified atom stereocenters. The average Bonchev–Trinajstić information content (AvgIpc) is 2.69. The summed E-state index contributed by atoms with van der Waals surface area (Å²) in [6, 6.07) is 0. The molecule has 0 atom stereocenters. The Hall–Kier alpha value is -1.41. The summed E-state index contributed by atoms with van der Waals surface area (Å²) in [5, 5.41) is 0.0214. The first-order valence-electron chi connectivity index (χ1n) is 5.82. The van der Waals surface area contributed by atoms with Crippen LogP contribution < -0.4 is 0 Å². The molecule has 0 saturated heterocycles. The van der Waals surface area contributed by atoms with Crippen molar-refractivity contribution in [1.29, 1.82) is 0 Å². The Morgan fingerprint density at radius 1 is 1.53 bits per heavy atom. The van der Waals surface area contributed by atoms with Crippen LogP contribution in [0.3, 0.4) is 0 Å². The van der Waals surface area contributed by atoms with Crippen LogP contribution >= 0.6 is 0 Å². The molecule has 0 radical (unpaired) electrons. The fraction of sp³-hybridized carbons (Fsp3) is 0.636. The molecule has 7 nitrogen and oxygen atoms in total. The monoisotopic (exact) mass is 289 g/mol. The second-order valence-corrected chi connectivity index (χ2v) is 6.24. The van der Waals surface area contributed by atoms with Crippen LogP contribution in [0, 0.1) is 6.92 Å². The zero-order valence-corrected chi connectivity index (χ0v) is 12.4. The van der Waals surface area contributed by atoms with E-state index in [0.717, 1.165) is 0 Å². The van der Waals surface area contributed by atoms with Gasteiger partial charge in [-0.2, -0.15) is 4.31 Å². The summed E-state index contributed by atoms with van der Waals surface area (Å²) >= 11 is 0. The fourth-order valence-electron chi connectivity index (χ4n) is 1.48. The van der Waals surface area contributed by atoms with Crippen molar-refractivity contribution in [3.63, 3.8) is 0 Å². The second-order valence-electron chi connectivity index (χ2n) is 4.24. The van der Waals surface area contributed by atoms with Gasteiger partial charge in [0.05, 0.1) is 7.11 Å². The molecular weight excluding hydrogens is 270 g/mol. The summed E-state index contributed by atoms with van der Waals surface area (Å²) in [4.78, 5) is 15.0. The van der Waals surface area contributed by atoms with Crippen LogP contribution in [0.1, 0.15) is 18.7 Å². The molecule has 0 aliphatic heterocycles. The zero-order valence-electron chi connectivity index (χ0n) is 11.6. The summed E-state index contributed by atoms with van der Waals surface area (Å²) in [5.41, 5.74) is 0. The summed E-state index contributed by atoms with van der Waals surface area (Å²) in [7, 11) is 0.913. The van der Waals surface area contributed by atoms with Crippen molar-refractivity contribution in [2.45, 2.75) is 24.8 Å². The minimum Gasteiger partial charge on any atom is -0.469 e. The van der Waals surface area contributed by atoms with Crippen molar-refractivity contribution in [3.05, 3.63) is 12.0 Å². The molecule has 0 aliphatic carbocycles. The minimum absolute atomic E-state index is 0.0214. The molecule has 1 heterocycles.